The van der Waals surface area contributed by atoms with Gasteiger partial charge in [0.1, 0.15) is 6.10 Å². The molecule has 3 saturated heterocycles. The van der Waals surface area contributed by atoms with E-state index in [0.29, 0.717) is 6.10 Å². The SMILES string of the molecule is CCCCSc1nsnc1O[C@H]1CN2CCC1CC2. The Bertz CT molecular complexity index is 404. The molecule has 4 heterocycles. The van der Waals surface area contributed by atoms with Gasteiger partial charge < -0.3 is 4.74 Å². The minimum Gasteiger partial charge on any atom is -0.470 e. The molecule has 4 nitrogen and oxygen atoms in total. The fourth-order valence-electron chi connectivity index (χ4n) is 2.83. The van der Waals surface area contributed by atoms with Crippen molar-refractivity contribution in [3.05, 3.63) is 0 Å². The predicted molar refractivity (Wildman–Crippen MR) is 79.1 cm³/mol. The van der Waals surface area contributed by atoms with Crippen LogP contribution in [0.2, 0.25) is 0 Å². The molecule has 106 valence electrons. The summed E-state index contributed by atoms with van der Waals surface area (Å²) < 4.78 is 14.9. The van der Waals surface area contributed by atoms with E-state index in [-0.39, 0.29) is 0 Å². The number of unbranched alkanes of at least 4 members (excludes halogenated alkanes) is 1. The Morgan fingerprint density at radius 2 is 2.21 bits per heavy atom. The number of hydrogen-bond acceptors (Lipinski definition) is 6. The third-order valence-corrected chi connectivity index (χ3v) is 5.69. The van der Waals surface area contributed by atoms with Gasteiger partial charge in [-0.2, -0.15) is 4.37 Å². The van der Waals surface area contributed by atoms with Gasteiger partial charge in [0, 0.05) is 6.54 Å². The smallest absolute Gasteiger partial charge is 0.260 e. The molecule has 0 spiro atoms. The quantitative estimate of drug-likeness (QED) is 0.596. The molecule has 1 atom stereocenters. The van der Waals surface area contributed by atoms with Crippen LogP contribution in [0.1, 0.15) is 32.6 Å². The zero-order valence-corrected chi connectivity index (χ0v) is 13.0. The highest BCUT2D eigenvalue weighted by Gasteiger charge is 2.36. The van der Waals surface area contributed by atoms with Crippen LogP contribution in [0.5, 0.6) is 5.88 Å². The summed E-state index contributed by atoms with van der Waals surface area (Å²) in [5.74, 6) is 2.61. The van der Waals surface area contributed by atoms with Crippen LogP contribution >= 0.6 is 23.5 Å². The van der Waals surface area contributed by atoms with Gasteiger partial charge in [0.15, 0.2) is 5.03 Å². The van der Waals surface area contributed by atoms with Gasteiger partial charge in [0.25, 0.3) is 5.88 Å². The topological polar surface area (TPSA) is 38.3 Å². The van der Waals surface area contributed by atoms with Crippen molar-refractivity contribution in [2.75, 3.05) is 25.4 Å². The zero-order valence-electron chi connectivity index (χ0n) is 11.4. The highest BCUT2D eigenvalue weighted by atomic mass is 32.2. The van der Waals surface area contributed by atoms with Gasteiger partial charge in [-0.3, -0.25) is 4.90 Å². The Balaban J connectivity index is 1.59. The lowest BCUT2D eigenvalue weighted by atomic mass is 9.86. The van der Waals surface area contributed by atoms with Gasteiger partial charge in [-0.05, 0) is 44.0 Å². The molecule has 3 fully saturated rings. The fraction of sp³-hybridized carbons (Fsp3) is 0.846. The van der Waals surface area contributed by atoms with Gasteiger partial charge in [-0.1, -0.05) is 25.1 Å². The maximum atomic E-state index is 6.17. The average molecular weight is 299 g/mol. The fourth-order valence-corrected chi connectivity index (χ4v) is 4.44. The standard InChI is InChI=1S/C13H21N3OS2/c1-2-3-8-18-13-12(14-19-15-13)17-11-9-16-6-4-10(11)5-7-16/h10-11H,2-9H2,1H3/t11-/m0/s1. The van der Waals surface area contributed by atoms with Crippen LogP contribution in [0.4, 0.5) is 0 Å². The van der Waals surface area contributed by atoms with Gasteiger partial charge in [0.05, 0.1) is 11.7 Å². The monoisotopic (exact) mass is 299 g/mol. The molecule has 0 unspecified atom stereocenters. The van der Waals surface area contributed by atoms with Crippen LogP contribution in [0.15, 0.2) is 5.03 Å². The van der Waals surface area contributed by atoms with E-state index in [1.54, 1.807) is 11.8 Å². The van der Waals surface area contributed by atoms with Crippen LogP contribution in [-0.4, -0.2) is 45.1 Å². The summed E-state index contributed by atoms with van der Waals surface area (Å²) in [5.41, 5.74) is 0. The molecule has 0 aliphatic carbocycles. The van der Waals surface area contributed by atoms with Gasteiger partial charge in [-0.25, -0.2) is 0 Å². The van der Waals surface area contributed by atoms with Crippen LogP contribution < -0.4 is 4.74 Å². The predicted octanol–water partition coefficient (Wildman–Crippen LogP) is 2.90. The molecule has 0 radical (unpaired) electrons. The van der Waals surface area contributed by atoms with Crippen molar-refractivity contribution in [1.82, 2.24) is 13.6 Å². The summed E-state index contributed by atoms with van der Waals surface area (Å²) in [4.78, 5) is 2.51. The van der Waals surface area contributed by atoms with Gasteiger partial charge in [0.2, 0.25) is 0 Å². The molecule has 0 saturated carbocycles. The molecular weight excluding hydrogens is 278 g/mol. The Labute approximate surface area is 123 Å². The second-order valence-electron chi connectivity index (χ2n) is 5.37. The summed E-state index contributed by atoms with van der Waals surface area (Å²) in [7, 11) is 0. The minimum atomic E-state index is 0.330. The third kappa shape index (κ3) is 3.23. The summed E-state index contributed by atoms with van der Waals surface area (Å²) >= 11 is 3.06. The molecular formula is C13H21N3OS2. The number of nitrogens with zero attached hydrogens (tertiary/aromatic N) is 3. The molecule has 0 amide bonds. The lowest BCUT2D eigenvalue weighted by Gasteiger charge is -2.44. The number of hydrogen-bond donors (Lipinski definition) is 0. The lowest BCUT2D eigenvalue weighted by molar-refractivity contribution is -0.0110. The normalized spacial score (nSPS) is 29.6. The van der Waals surface area contributed by atoms with Crippen molar-refractivity contribution in [2.45, 2.75) is 43.7 Å². The second-order valence-corrected chi connectivity index (χ2v) is 6.98. The largest absolute Gasteiger partial charge is 0.470 e. The van der Waals surface area contributed by atoms with Crippen LogP contribution in [-0.2, 0) is 0 Å². The molecule has 1 aromatic rings. The van der Waals surface area contributed by atoms with Crippen LogP contribution in [0.3, 0.4) is 0 Å². The van der Waals surface area contributed by atoms with Gasteiger partial charge in [-0.15, -0.1) is 4.37 Å². The van der Waals surface area contributed by atoms with E-state index in [9.17, 15) is 0 Å². The Morgan fingerprint density at radius 1 is 1.37 bits per heavy atom. The van der Waals surface area contributed by atoms with E-state index < -0.39 is 0 Å². The van der Waals surface area contributed by atoms with Crippen LogP contribution in [0, 0.1) is 5.92 Å². The number of ether oxygens (including phenoxy) is 1. The molecule has 0 N–H and O–H groups in total. The molecule has 4 rings (SSSR count). The first-order valence-corrected chi connectivity index (χ1v) is 8.92. The Morgan fingerprint density at radius 3 is 2.89 bits per heavy atom. The number of piperidine rings is 3. The first-order valence-electron chi connectivity index (χ1n) is 7.21. The van der Waals surface area contributed by atoms with E-state index in [1.807, 2.05) is 0 Å². The highest BCUT2D eigenvalue weighted by molar-refractivity contribution is 7.99. The van der Waals surface area contributed by atoms with Crippen molar-refractivity contribution < 1.29 is 4.74 Å². The molecule has 3 aliphatic rings. The van der Waals surface area contributed by atoms with E-state index in [2.05, 4.69) is 20.6 Å². The van der Waals surface area contributed by atoms with Crippen LogP contribution in [0.25, 0.3) is 0 Å². The van der Waals surface area contributed by atoms with Crippen molar-refractivity contribution in [3.8, 4) is 5.88 Å². The Kier molecular flexibility index (Phi) is 4.61. The zero-order chi connectivity index (χ0) is 13.1. The maximum Gasteiger partial charge on any atom is 0.260 e. The van der Waals surface area contributed by atoms with E-state index >= 15 is 0 Å². The molecule has 19 heavy (non-hydrogen) atoms. The number of aromatic nitrogens is 2. The van der Waals surface area contributed by atoms with Crippen molar-refractivity contribution in [2.24, 2.45) is 5.92 Å². The van der Waals surface area contributed by atoms with Crippen molar-refractivity contribution in [3.63, 3.8) is 0 Å². The minimum absolute atomic E-state index is 0.330. The highest BCUT2D eigenvalue weighted by Crippen LogP contribution is 2.34. The Hall–Kier alpha value is -0.330. The van der Waals surface area contributed by atoms with Crippen molar-refractivity contribution >= 4 is 23.5 Å². The number of thioether (sulfide) groups is 1. The molecule has 3 aliphatic heterocycles. The summed E-state index contributed by atoms with van der Waals surface area (Å²) in [6, 6.07) is 0. The van der Waals surface area contributed by atoms with E-state index in [0.717, 1.165) is 29.1 Å². The number of rotatable bonds is 6. The summed E-state index contributed by atoms with van der Waals surface area (Å²) in [5, 5.41) is 0.995. The van der Waals surface area contributed by atoms with Crippen molar-refractivity contribution in [1.29, 1.82) is 0 Å². The van der Waals surface area contributed by atoms with E-state index in [1.165, 1.54) is 50.5 Å². The summed E-state index contributed by atoms with van der Waals surface area (Å²) in [6.07, 6.45) is 5.33. The lowest BCUT2D eigenvalue weighted by Crippen LogP contribution is -2.52. The average Bonchev–Trinajstić information content (AvgIpc) is 2.88. The summed E-state index contributed by atoms with van der Waals surface area (Å²) in [6.45, 7) is 5.78. The molecule has 2 bridgehead atoms. The van der Waals surface area contributed by atoms with E-state index in [4.69, 9.17) is 4.74 Å². The first kappa shape index (κ1) is 13.6. The van der Waals surface area contributed by atoms with Gasteiger partial charge >= 0.3 is 0 Å². The first-order chi connectivity index (χ1) is 9.36. The third-order valence-electron chi connectivity index (χ3n) is 4.03. The molecule has 1 aromatic heterocycles. The molecule has 6 heteroatoms. The number of fused-ring (bicyclic) bond motifs is 3. The second kappa shape index (κ2) is 6.41. The maximum absolute atomic E-state index is 6.17. The molecule has 0 aromatic carbocycles.